The fourth-order valence-electron chi connectivity index (χ4n) is 5.19. The summed E-state index contributed by atoms with van der Waals surface area (Å²) in [6.07, 6.45) is 6.85. The van der Waals surface area contributed by atoms with Gasteiger partial charge in [-0.1, -0.05) is 24.6 Å². The van der Waals surface area contributed by atoms with Gasteiger partial charge in [0.25, 0.3) is 0 Å². The number of nitrogens with one attached hydrogen (secondary N) is 1. The Kier molecular flexibility index (Phi) is 9.16. The SMILES string of the molecule is CC(CCOc1ccc(CC(=O)NC2CCC(F)(F)C2)c(F)c1)CC1CCN(c2ncc(Cl)cn2)CC1. The van der Waals surface area contributed by atoms with Crippen molar-refractivity contribution in [3.63, 3.8) is 0 Å². The molecule has 0 spiro atoms. The molecule has 37 heavy (non-hydrogen) atoms. The fourth-order valence-corrected chi connectivity index (χ4v) is 5.29. The Labute approximate surface area is 221 Å². The number of aromatic nitrogens is 2. The van der Waals surface area contributed by atoms with Crippen LogP contribution in [0.15, 0.2) is 30.6 Å². The minimum absolute atomic E-state index is 0.186. The first-order chi connectivity index (χ1) is 17.7. The lowest BCUT2D eigenvalue weighted by Crippen LogP contribution is -2.35. The number of carbonyl (C=O) groups excluding carboxylic acids is 1. The average molecular weight is 539 g/mol. The van der Waals surface area contributed by atoms with E-state index < -0.39 is 23.7 Å². The van der Waals surface area contributed by atoms with Crippen LogP contribution in [0, 0.1) is 17.7 Å². The lowest BCUT2D eigenvalue weighted by molar-refractivity contribution is -0.121. The summed E-state index contributed by atoms with van der Waals surface area (Å²) in [6.45, 7) is 4.53. The molecule has 1 saturated heterocycles. The molecule has 1 saturated carbocycles. The number of benzene rings is 1. The molecule has 1 aliphatic heterocycles. The summed E-state index contributed by atoms with van der Waals surface area (Å²) in [4.78, 5) is 23.0. The summed E-state index contributed by atoms with van der Waals surface area (Å²) in [5, 5.41) is 3.12. The van der Waals surface area contributed by atoms with Crippen molar-refractivity contribution in [2.45, 2.75) is 70.3 Å². The number of alkyl halides is 2. The van der Waals surface area contributed by atoms with Gasteiger partial charge in [0, 0.05) is 38.0 Å². The van der Waals surface area contributed by atoms with Crippen LogP contribution in [0.4, 0.5) is 19.1 Å². The van der Waals surface area contributed by atoms with Crippen molar-refractivity contribution in [2.24, 2.45) is 11.8 Å². The zero-order chi connectivity index (χ0) is 26.4. The molecular formula is C27H34ClF3N4O2. The zero-order valence-electron chi connectivity index (χ0n) is 21.1. The quantitative estimate of drug-likeness (QED) is 0.412. The lowest BCUT2D eigenvalue weighted by atomic mass is 9.87. The van der Waals surface area contributed by atoms with E-state index in [1.807, 2.05) is 0 Å². The van der Waals surface area contributed by atoms with Crippen molar-refractivity contribution >= 4 is 23.5 Å². The smallest absolute Gasteiger partial charge is 0.250 e. The minimum Gasteiger partial charge on any atom is -0.493 e. The largest absolute Gasteiger partial charge is 0.493 e. The number of piperidine rings is 1. The van der Waals surface area contributed by atoms with Gasteiger partial charge in [-0.2, -0.15) is 0 Å². The maximum Gasteiger partial charge on any atom is 0.250 e. The van der Waals surface area contributed by atoms with Gasteiger partial charge >= 0.3 is 0 Å². The highest BCUT2D eigenvalue weighted by Gasteiger charge is 2.39. The van der Waals surface area contributed by atoms with Crippen LogP contribution >= 0.6 is 11.6 Å². The maximum absolute atomic E-state index is 14.5. The molecule has 6 nitrogen and oxygen atoms in total. The molecule has 10 heteroatoms. The summed E-state index contributed by atoms with van der Waals surface area (Å²) in [7, 11) is 0. The Bertz CT molecular complexity index is 1050. The highest BCUT2D eigenvalue weighted by Crippen LogP contribution is 2.35. The van der Waals surface area contributed by atoms with Gasteiger partial charge in [0.1, 0.15) is 11.6 Å². The topological polar surface area (TPSA) is 67.3 Å². The number of halogens is 4. The number of anilines is 1. The second kappa shape index (κ2) is 12.3. The predicted molar refractivity (Wildman–Crippen MR) is 137 cm³/mol. The van der Waals surface area contributed by atoms with Crippen molar-refractivity contribution in [1.29, 1.82) is 0 Å². The monoisotopic (exact) mass is 538 g/mol. The Morgan fingerprint density at radius 2 is 1.97 bits per heavy atom. The van der Waals surface area contributed by atoms with Gasteiger partial charge in [0.05, 0.1) is 30.4 Å². The highest BCUT2D eigenvalue weighted by atomic mass is 35.5. The molecule has 2 fully saturated rings. The summed E-state index contributed by atoms with van der Waals surface area (Å²) in [5.41, 5.74) is 0.221. The number of carbonyl (C=O) groups is 1. The standard InChI is InChI=1S/C27H34ClF3N4O2/c1-18(12-19-5-9-35(10-6-19)26-32-16-21(28)17-33-26)7-11-37-23-3-2-20(24(29)14-23)13-25(36)34-22-4-8-27(30,31)15-22/h2-3,14,16-19,22H,4-13,15H2,1H3,(H,34,36). The number of nitrogens with zero attached hydrogens (tertiary/aromatic N) is 3. The van der Waals surface area contributed by atoms with Crippen molar-refractivity contribution < 1.29 is 22.7 Å². The van der Waals surface area contributed by atoms with E-state index in [0.717, 1.165) is 44.7 Å². The zero-order valence-corrected chi connectivity index (χ0v) is 21.8. The molecule has 1 aromatic heterocycles. The number of amides is 1. The maximum atomic E-state index is 14.5. The first-order valence-electron chi connectivity index (χ1n) is 13.0. The van der Waals surface area contributed by atoms with Crippen LogP contribution in [-0.2, 0) is 11.2 Å². The van der Waals surface area contributed by atoms with Crippen LogP contribution in [0.3, 0.4) is 0 Å². The van der Waals surface area contributed by atoms with E-state index in [1.54, 1.807) is 18.5 Å². The molecule has 2 aliphatic rings. The van der Waals surface area contributed by atoms with E-state index in [2.05, 4.69) is 27.1 Å². The lowest BCUT2D eigenvalue weighted by Gasteiger charge is -2.33. The van der Waals surface area contributed by atoms with Crippen molar-refractivity contribution in [2.75, 3.05) is 24.6 Å². The van der Waals surface area contributed by atoms with Gasteiger partial charge < -0.3 is 15.0 Å². The van der Waals surface area contributed by atoms with Gasteiger partial charge in [-0.15, -0.1) is 0 Å². The predicted octanol–water partition coefficient (Wildman–Crippen LogP) is 5.83. The number of ether oxygens (including phenoxy) is 1. The molecule has 4 rings (SSSR count). The Morgan fingerprint density at radius 1 is 1.24 bits per heavy atom. The third-order valence-electron chi connectivity index (χ3n) is 7.26. The van der Waals surface area contributed by atoms with Gasteiger partial charge in [0.15, 0.2) is 0 Å². The van der Waals surface area contributed by atoms with Gasteiger partial charge in [0.2, 0.25) is 17.8 Å². The summed E-state index contributed by atoms with van der Waals surface area (Å²) < 4.78 is 46.9. The van der Waals surface area contributed by atoms with Crippen LogP contribution < -0.4 is 15.0 Å². The number of hydrogen-bond donors (Lipinski definition) is 1. The van der Waals surface area contributed by atoms with Crippen LogP contribution in [0.25, 0.3) is 0 Å². The third-order valence-corrected chi connectivity index (χ3v) is 7.46. The van der Waals surface area contributed by atoms with E-state index in [0.29, 0.717) is 29.2 Å². The van der Waals surface area contributed by atoms with Crippen LogP contribution in [0.5, 0.6) is 5.75 Å². The molecule has 202 valence electrons. The molecular weight excluding hydrogens is 505 g/mol. The Morgan fingerprint density at radius 3 is 2.62 bits per heavy atom. The molecule has 2 aromatic rings. The van der Waals surface area contributed by atoms with Gasteiger partial charge in [-0.05, 0) is 55.6 Å². The fraction of sp³-hybridized carbons (Fsp3) is 0.593. The van der Waals surface area contributed by atoms with E-state index >= 15 is 0 Å². The number of hydrogen-bond acceptors (Lipinski definition) is 5. The van der Waals surface area contributed by atoms with E-state index in [-0.39, 0.29) is 31.2 Å². The van der Waals surface area contributed by atoms with Crippen LogP contribution in [0.2, 0.25) is 5.02 Å². The normalized spacial score (nSPS) is 20.6. The Hall–Kier alpha value is -2.55. The van der Waals surface area contributed by atoms with Crippen LogP contribution in [0.1, 0.15) is 57.4 Å². The van der Waals surface area contributed by atoms with Gasteiger partial charge in [-0.25, -0.2) is 23.1 Å². The second-order valence-electron chi connectivity index (χ2n) is 10.4. The summed E-state index contributed by atoms with van der Waals surface area (Å²) in [6, 6.07) is 3.90. The first kappa shape index (κ1) is 27.5. The minimum atomic E-state index is -2.73. The molecule has 1 N–H and O–H groups in total. The highest BCUT2D eigenvalue weighted by molar-refractivity contribution is 6.30. The average Bonchev–Trinajstić information content (AvgIpc) is 3.19. The van der Waals surface area contributed by atoms with E-state index in [4.69, 9.17) is 16.3 Å². The summed E-state index contributed by atoms with van der Waals surface area (Å²) >= 11 is 5.87. The second-order valence-corrected chi connectivity index (χ2v) is 10.8. The van der Waals surface area contributed by atoms with Gasteiger partial charge in [-0.3, -0.25) is 4.79 Å². The van der Waals surface area contributed by atoms with Crippen molar-refractivity contribution in [3.05, 3.63) is 47.0 Å². The molecule has 0 bridgehead atoms. The molecule has 1 aliphatic carbocycles. The molecule has 1 aromatic carbocycles. The Balaban J connectivity index is 1.14. The first-order valence-corrected chi connectivity index (χ1v) is 13.4. The van der Waals surface area contributed by atoms with Crippen molar-refractivity contribution in [3.8, 4) is 5.75 Å². The van der Waals surface area contributed by atoms with Crippen molar-refractivity contribution in [1.82, 2.24) is 15.3 Å². The molecule has 0 radical (unpaired) electrons. The molecule has 2 heterocycles. The van der Waals surface area contributed by atoms with Crippen LogP contribution in [-0.4, -0.2) is 47.5 Å². The third kappa shape index (κ3) is 8.22. The van der Waals surface area contributed by atoms with E-state index in [9.17, 15) is 18.0 Å². The number of rotatable bonds is 10. The van der Waals surface area contributed by atoms with E-state index in [1.165, 1.54) is 12.1 Å². The summed E-state index contributed by atoms with van der Waals surface area (Å²) in [5.74, 6) is -1.47. The molecule has 1 amide bonds. The molecule has 2 unspecified atom stereocenters. The molecule has 2 atom stereocenters.